The van der Waals surface area contributed by atoms with Gasteiger partial charge in [-0.05, 0) is 30.3 Å². The highest BCUT2D eigenvalue weighted by atomic mass is 16.5. The third kappa shape index (κ3) is 5.30. The summed E-state index contributed by atoms with van der Waals surface area (Å²) in [5, 5.41) is 3.75. The van der Waals surface area contributed by atoms with Gasteiger partial charge in [-0.15, -0.1) is 0 Å². The third-order valence-corrected chi connectivity index (χ3v) is 4.93. The maximum atomic E-state index is 5.34. The Kier molecular flexibility index (Phi) is 6.45. The molecule has 0 radical (unpaired) electrons. The van der Waals surface area contributed by atoms with E-state index in [0.29, 0.717) is 6.04 Å². The summed E-state index contributed by atoms with van der Waals surface area (Å²) in [5.41, 5.74) is 2.60. The van der Waals surface area contributed by atoms with E-state index < -0.39 is 0 Å². The molecule has 0 unspecified atom stereocenters. The Labute approximate surface area is 151 Å². The molecule has 1 heterocycles. The molecule has 0 aromatic heterocycles. The molecule has 0 saturated carbocycles. The van der Waals surface area contributed by atoms with Crippen LogP contribution in [0.5, 0.6) is 5.75 Å². The van der Waals surface area contributed by atoms with Gasteiger partial charge in [0, 0.05) is 45.3 Å². The van der Waals surface area contributed by atoms with Crippen molar-refractivity contribution in [2.45, 2.75) is 12.6 Å². The van der Waals surface area contributed by atoms with Gasteiger partial charge in [0.15, 0.2) is 0 Å². The van der Waals surface area contributed by atoms with Gasteiger partial charge in [-0.3, -0.25) is 4.90 Å². The number of rotatable bonds is 7. The highest BCUT2D eigenvalue weighted by molar-refractivity contribution is 5.28. The Balaban J connectivity index is 1.66. The fourth-order valence-corrected chi connectivity index (χ4v) is 3.29. The van der Waals surface area contributed by atoms with E-state index in [0.717, 1.165) is 45.0 Å². The largest absolute Gasteiger partial charge is 0.497 e. The second-order valence-corrected chi connectivity index (χ2v) is 6.80. The summed E-state index contributed by atoms with van der Waals surface area (Å²) >= 11 is 0. The fourth-order valence-electron chi connectivity index (χ4n) is 3.29. The Morgan fingerprint density at radius 1 is 1.00 bits per heavy atom. The van der Waals surface area contributed by atoms with E-state index in [1.807, 2.05) is 12.1 Å². The van der Waals surface area contributed by atoms with E-state index in [1.165, 1.54) is 11.1 Å². The fraction of sp³-hybridized carbons (Fsp3) is 0.429. The first-order chi connectivity index (χ1) is 12.2. The van der Waals surface area contributed by atoms with Crippen LogP contribution in [0.4, 0.5) is 0 Å². The molecule has 1 fully saturated rings. The second kappa shape index (κ2) is 8.99. The lowest BCUT2D eigenvalue weighted by Gasteiger charge is -2.35. The molecule has 1 aliphatic rings. The van der Waals surface area contributed by atoms with Crippen LogP contribution < -0.4 is 10.1 Å². The molecule has 4 heteroatoms. The molecule has 134 valence electrons. The highest BCUT2D eigenvalue weighted by Crippen LogP contribution is 2.18. The summed E-state index contributed by atoms with van der Waals surface area (Å²) in [7, 11) is 3.92. The number of ether oxygens (including phenoxy) is 1. The van der Waals surface area contributed by atoms with Crippen LogP contribution in [0.15, 0.2) is 54.6 Å². The Hall–Kier alpha value is -1.88. The summed E-state index contributed by atoms with van der Waals surface area (Å²) in [6.45, 7) is 6.46. The van der Waals surface area contributed by atoms with Crippen LogP contribution in [0.2, 0.25) is 0 Å². The maximum Gasteiger partial charge on any atom is 0.119 e. The molecule has 1 atom stereocenters. The zero-order chi connectivity index (χ0) is 17.5. The predicted octanol–water partition coefficient (Wildman–Crippen LogP) is 2.77. The zero-order valence-corrected chi connectivity index (χ0v) is 15.3. The topological polar surface area (TPSA) is 27.7 Å². The molecule has 0 bridgehead atoms. The van der Waals surface area contributed by atoms with Gasteiger partial charge in [0.1, 0.15) is 5.75 Å². The molecule has 1 N–H and O–H groups in total. The molecule has 25 heavy (non-hydrogen) atoms. The van der Waals surface area contributed by atoms with Gasteiger partial charge in [0.2, 0.25) is 0 Å². The quantitative estimate of drug-likeness (QED) is 0.839. The second-order valence-electron chi connectivity index (χ2n) is 6.80. The number of hydrogen-bond donors (Lipinski definition) is 1. The number of hydrogen-bond acceptors (Lipinski definition) is 4. The van der Waals surface area contributed by atoms with E-state index in [-0.39, 0.29) is 0 Å². The van der Waals surface area contributed by atoms with E-state index in [1.54, 1.807) is 7.11 Å². The molecular formula is C21H29N3O. The maximum absolute atomic E-state index is 5.34. The van der Waals surface area contributed by atoms with Gasteiger partial charge < -0.3 is 15.0 Å². The minimum atomic E-state index is 0.329. The van der Waals surface area contributed by atoms with Crippen LogP contribution in [0.3, 0.4) is 0 Å². The molecule has 2 aromatic rings. The average molecular weight is 339 g/mol. The third-order valence-electron chi connectivity index (χ3n) is 4.93. The summed E-state index contributed by atoms with van der Waals surface area (Å²) in [5.74, 6) is 0.912. The van der Waals surface area contributed by atoms with Crippen molar-refractivity contribution in [3.05, 3.63) is 65.7 Å². The lowest BCUT2D eigenvalue weighted by Crippen LogP contribution is -2.47. The number of nitrogens with one attached hydrogen (secondary N) is 1. The van der Waals surface area contributed by atoms with Crippen molar-refractivity contribution in [3.63, 3.8) is 0 Å². The van der Waals surface area contributed by atoms with E-state index in [2.05, 4.69) is 64.6 Å². The van der Waals surface area contributed by atoms with Crippen molar-refractivity contribution in [3.8, 4) is 5.75 Å². The highest BCUT2D eigenvalue weighted by Gasteiger charge is 2.19. The molecule has 1 saturated heterocycles. The molecule has 2 aromatic carbocycles. The van der Waals surface area contributed by atoms with Crippen molar-refractivity contribution >= 4 is 0 Å². The molecule has 0 amide bonds. The predicted molar refractivity (Wildman–Crippen MR) is 103 cm³/mol. The molecule has 1 aliphatic heterocycles. The molecule has 0 spiro atoms. The van der Waals surface area contributed by atoms with Gasteiger partial charge in [0.25, 0.3) is 0 Å². The Morgan fingerprint density at radius 3 is 2.48 bits per heavy atom. The molecule has 0 aliphatic carbocycles. The van der Waals surface area contributed by atoms with Gasteiger partial charge in [-0.25, -0.2) is 0 Å². The number of benzene rings is 2. The van der Waals surface area contributed by atoms with Crippen molar-refractivity contribution < 1.29 is 4.74 Å². The first kappa shape index (κ1) is 17.9. The van der Waals surface area contributed by atoms with E-state index >= 15 is 0 Å². The van der Waals surface area contributed by atoms with Crippen LogP contribution >= 0.6 is 0 Å². The SMILES string of the molecule is COc1cccc(CN[C@H](CN2CCN(C)CC2)c2ccccc2)c1. The number of piperazine rings is 1. The van der Waals surface area contributed by atoms with Crippen LogP contribution in [0.25, 0.3) is 0 Å². The average Bonchev–Trinajstić information content (AvgIpc) is 2.67. The van der Waals surface area contributed by atoms with Crippen molar-refractivity contribution in [2.24, 2.45) is 0 Å². The van der Waals surface area contributed by atoms with Crippen LogP contribution in [-0.4, -0.2) is 56.7 Å². The van der Waals surface area contributed by atoms with E-state index in [9.17, 15) is 0 Å². The summed E-state index contributed by atoms with van der Waals surface area (Å²) in [6, 6.07) is 19.4. The smallest absolute Gasteiger partial charge is 0.119 e. The molecule has 4 nitrogen and oxygen atoms in total. The summed E-state index contributed by atoms with van der Waals surface area (Å²) in [4.78, 5) is 4.97. The zero-order valence-electron chi connectivity index (χ0n) is 15.3. The first-order valence-corrected chi connectivity index (χ1v) is 9.07. The standard InChI is InChI=1S/C21H29N3O/c1-23-11-13-24(14-12-23)17-21(19-8-4-3-5-9-19)22-16-18-7-6-10-20(15-18)25-2/h3-10,15,21-22H,11-14,16-17H2,1-2H3/t21-/m1/s1. The summed E-state index contributed by atoms with van der Waals surface area (Å²) < 4.78 is 5.34. The van der Waals surface area contributed by atoms with Crippen LogP contribution in [0.1, 0.15) is 17.2 Å². The van der Waals surface area contributed by atoms with Crippen LogP contribution in [-0.2, 0) is 6.54 Å². The Morgan fingerprint density at radius 2 is 1.76 bits per heavy atom. The number of methoxy groups -OCH3 is 1. The van der Waals surface area contributed by atoms with Gasteiger partial charge >= 0.3 is 0 Å². The lowest BCUT2D eigenvalue weighted by molar-refractivity contribution is 0.142. The minimum absolute atomic E-state index is 0.329. The van der Waals surface area contributed by atoms with Crippen molar-refractivity contribution in [2.75, 3.05) is 46.9 Å². The van der Waals surface area contributed by atoms with E-state index in [4.69, 9.17) is 4.74 Å². The first-order valence-electron chi connectivity index (χ1n) is 9.07. The molecular weight excluding hydrogens is 310 g/mol. The van der Waals surface area contributed by atoms with Gasteiger partial charge in [-0.2, -0.15) is 0 Å². The van der Waals surface area contributed by atoms with Gasteiger partial charge in [0.05, 0.1) is 7.11 Å². The minimum Gasteiger partial charge on any atom is -0.497 e. The van der Waals surface area contributed by atoms with Crippen LogP contribution in [0, 0.1) is 0 Å². The van der Waals surface area contributed by atoms with Gasteiger partial charge in [-0.1, -0.05) is 42.5 Å². The Bertz CT molecular complexity index is 639. The van der Waals surface area contributed by atoms with Crippen molar-refractivity contribution in [1.29, 1.82) is 0 Å². The number of likely N-dealkylation sites (N-methyl/N-ethyl adjacent to an activating group) is 1. The molecule has 3 rings (SSSR count). The number of nitrogens with zero attached hydrogens (tertiary/aromatic N) is 2. The lowest BCUT2D eigenvalue weighted by atomic mass is 10.1. The monoisotopic (exact) mass is 339 g/mol. The normalized spacial score (nSPS) is 17.4. The summed E-state index contributed by atoms with van der Waals surface area (Å²) in [6.07, 6.45) is 0. The van der Waals surface area contributed by atoms with Crippen molar-refractivity contribution in [1.82, 2.24) is 15.1 Å².